The smallest absolute Gasteiger partial charge is 0.357 e. The molecule has 0 unspecified atom stereocenters. The number of nitrogens with two attached hydrogens (primary N) is 1. The molecule has 0 radical (unpaired) electrons. The minimum atomic E-state index is -0.424. The third-order valence-electron chi connectivity index (χ3n) is 3.04. The molecular formula is C16H20N2O2. The van der Waals surface area contributed by atoms with Crippen LogP contribution in [0.1, 0.15) is 37.7 Å². The van der Waals surface area contributed by atoms with Gasteiger partial charge >= 0.3 is 5.97 Å². The van der Waals surface area contributed by atoms with Crippen molar-refractivity contribution in [3.63, 3.8) is 0 Å². The van der Waals surface area contributed by atoms with Crippen LogP contribution in [0.5, 0.6) is 0 Å². The van der Waals surface area contributed by atoms with Gasteiger partial charge in [0, 0.05) is 11.1 Å². The average molecular weight is 272 g/mol. The fraction of sp³-hybridized carbons (Fsp3) is 0.375. The third kappa shape index (κ3) is 3.47. The molecule has 106 valence electrons. The molecule has 0 aliphatic heterocycles. The Morgan fingerprint density at radius 1 is 1.30 bits per heavy atom. The molecular weight excluding hydrogens is 252 g/mol. The Morgan fingerprint density at radius 2 is 2.00 bits per heavy atom. The zero-order valence-electron chi connectivity index (χ0n) is 12.1. The summed E-state index contributed by atoms with van der Waals surface area (Å²) >= 11 is 0. The van der Waals surface area contributed by atoms with E-state index in [1.807, 2.05) is 24.3 Å². The summed E-state index contributed by atoms with van der Waals surface area (Å²) in [4.78, 5) is 16.3. The van der Waals surface area contributed by atoms with Gasteiger partial charge in [0.15, 0.2) is 5.69 Å². The number of fused-ring (bicyclic) bond motifs is 1. The predicted octanol–water partition coefficient (Wildman–Crippen LogP) is 3.41. The molecule has 1 aromatic heterocycles. The van der Waals surface area contributed by atoms with Gasteiger partial charge in [0.2, 0.25) is 0 Å². The quantitative estimate of drug-likeness (QED) is 0.869. The van der Waals surface area contributed by atoms with Gasteiger partial charge in [-0.3, -0.25) is 0 Å². The number of carbonyl (C=O) groups excluding carboxylic acids is 1. The zero-order valence-corrected chi connectivity index (χ0v) is 12.1. The monoisotopic (exact) mass is 272 g/mol. The second-order valence-electron chi connectivity index (χ2n) is 6.06. The molecule has 0 aliphatic rings. The van der Waals surface area contributed by atoms with Crippen molar-refractivity contribution < 1.29 is 9.53 Å². The van der Waals surface area contributed by atoms with E-state index in [0.717, 1.165) is 11.8 Å². The molecule has 0 saturated carbocycles. The lowest BCUT2D eigenvalue weighted by molar-refractivity contribution is 0.0458. The van der Waals surface area contributed by atoms with E-state index in [-0.39, 0.29) is 11.1 Å². The highest BCUT2D eigenvalue weighted by Crippen LogP contribution is 2.21. The zero-order chi connectivity index (χ0) is 14.8. The van der Waals surface area contributed by atoms with Crippen LogP contribution in [-0.4, -0.2) is 17.6 Å². The molecule has 4 heteroatoms. The highest BCUT2D eigenvalue weighted by Gasteiger charge is 2.15. The van der Waals surface area contributed by atoms with Crippen molar-refractivity contribution in [3.05, 3.63) is 36.0 Å². The van der Waals surface area contributed by atoms with Crippen LogP contribution in [0.4, 0.5) is 5.69 Å². The number of nitrogens with zero attached hydrogens (tertiary/aromatic N) is 1. The standard InChI is InChI=1S/C16H20N2O2/c1-16(2,3)8-9-20-15(19)14-10-12(17)11-6-4-5-7-13(11)18-14/h4-7,10H,8-9H2,1-3H3,(H2,17,18). The van der Waals surface area contributed by atoms with Gasteiger partial charge in [-0.2, -0.15) is 0 Å². The fourth-order valence-electron chi connectivity index (χ4n) is 1.83. The number of esters is 1. The first-order chi connectivity index (χ1) is 9.37. The predicted molar refractivity (Wildman–Crippen MR) is 80.5 cm³/mol. The first kappa shape index (κ1) is 14.3. The van der Waals surface area contributed by atoms with Crippen LogP contribution in [0.15, 0.2) is 30.3 Å². The fourth-order valence-corrected chi connectivity index (χ4v) is 1.83. The Balaban J connectivity index is 2.14. The summed E-state index contributed by atoms with van der Waals surface area (Å²) < 4.78 is 5.25. The molecule has 1 aromatic carbocycles. The van der Waals surface area contributed by atoms with Crippen LogP contribution >= 0.6 is 0 Å². The Bertz CT molecular complexity index is 630. The van der Waals surface area contributed by atoms with Crippen LogP contribution in [0.3, 0.4) is 0 Å². The minimum Gasteiger partial charge on any atom is -0.461 e. The second kappa shape index (κ2) is 5.49. The maximum Gasteiger partial charge on any atom is 0.357 e. The van der Waals surface area contributed by atoms with Gasteiger partial charge in [-0.05, 0) is 24.0 Å². The first-order valence-corrected chi connectivity index (χ1v) is 6.69. The van der Waals surface area contributed by atoms with Crippen LogP contribution in [0.2, 0.25) is 0 Å². The summed E-state index contributed by atoms with van der Waals surface area (Å²) in [6, 6.07) is 9.04. The van der Waals surface area contributed by atoms with Gasteiger partial charge in [-0.1, -0.05) is 39.0 Å². The van der Waals surface area contributed by atoms with Gasteiger partial charge < -0.3 is 10.5 Å². The van der Waals surface area contributed by atoms with E-state index in [2.05, 4.69) is 25.8 Å². The van der Waals surface area contributed by atoms with E-state index in [1.54, 1.807) is 6.07 Å². The molecule has 0 aliphatic carbocycles. The molecule has 0 saturated heterocycles. The van der Waals surface area contributed by atoms with Crippen LogP contribution in [-0.2, 0) is 4.74 Å². The number of ether oxygens (including phenoxy) is 1. The Kier molecular flexibility index (Phi) is 3.93. The average Bonchev–Trinajstić information content (AvgIpc) is 2.37. The van der Waals surface area contributed by atoms with E-state index >= 15 is 0 Å². The summed E-state index contributed by atoms with van der Waals surface area (Å²) in [7, 11) is 0. The number of anilines is 1. The molecule has 2 N–H and O–H groups in total. The number of carbonyl (C=O) groups is 1. The number of pyridine rings is 1. The van der Waals surface area contributed by atoms with Crippen LogP contribution in [0, 0.1) is 5.41 Å². The summed E-state index contributed by atoms with van der Waals surface area (Å²) in [5.41, 5.74) is 7.58. The number of aromatic nitrogens is 1. The van der Waals surface area contributed by atoms with Crippen molar-refractivity contribution in [1.29, 1.82) is 0 Å². The van der Waals surface area contributed by atoms with E-state index in [4.69, 9.17) is 10.5 Å². The summed E-state index contributed by atoms with van der Waals surface area (Å²) in [6.07, 6.45) is 0.807. The molecule has 0 spiro atoms. The lowest BCUT2D eigenvalue weighted by Crippen LogP contribution is -2.14. The lowest BCUT2D eigenvalue weighted by atomic mass is 9.93. The number of benzene rings is 1. The number of para-hydroxylation sites is 1. The Morgan fingerprint density at radius 3 is 2.70 bits per heavy atom. The van der Waals surface area contributed by atoms with Gasteiger partial charge in [0.05, 0.1) is 12.1 Å². The highest BCUT2D eigenvalue weighted by atomic mass is 16.5. The largest absolute Gasteiger partial charge is 0.461 e. The summed E-state index contributed by atoms with van der Waals surface area (Å²) in [6.45, 7) is 6.70. The van der Waals surface area contributed by atoms with Crippen LogP contribution < -0.4 is 5.73 Å². The van der Waals surface area contributed by atoms with Crippen molar-refractivity contribution in [2.75, 3.05) is 12.3 Å². The summed E-state index contributed by atoms with van der Waals surface area (Å²) in [5.74, 6) is -0.424. The lowest BCUT2D eigenvalue weighted by Gasteiger charge is -2.17. The van der Waals surface area contributed by atoms with E-state index in [0.29, 0.717) is 17.8 Å². The number of nitrogen functional groups attached to an aromatic ring is 1. The molecule has 4 nitrogen and oxygen atoms in total. The molecule has 1 heterocycles. The number of hydrogen-bond acceptors (Lipinski definition) is 4. The van der Waals surface area contributed by atoms with E-state index in [1.165, 1.54) is 0 Å². The topological polar surface area (TPSA) is 65.2 Å². The number of hydrogen-bond donors (Lipinski definition) is 1. The minimum absolute atomic E-state index is 0.135. The first-order valence-electron chi connectivity index (χ1n) is 6.69. The van der Waals surface area contributed by atoms with Gasteiger partial charge in [0.25, 0.3) is 0 Å². The van der Waals surface area contributed by atoms with E-state index < -0.39 is 5.97 Å². The molecule has 2 rings (SSSR count). The van der Waals surface area contributed by atoms with Gasteiger partial charge in [-0.25, -0.2) is 9.78 Å². The van der Waals surface area contributed by atoms with Crippen molar-refractivity contribution in [1.82, 2.24) is 4.98 Å². The Hall–Kier alpha value is -2.10. The maximum atomic E-state index is 12.0. The molecule has 0 atom stereocenters. The molecule has 0 amide bonds. The maximum absolute atomic E-state index is 12.0. The van der Waals surface area contributed by atoms with Crippen molar-refractivity contribution in [2.45, 2.75) is 27.2 Å². The Labute approximate surface area is 119 Å². The third-order valence-corrected chi connectivity index (χ3v) is 3.04. The van der Waals surface area contributed by atoms with Crippen molar-refractivity contribution in [2.24, 2.45) is 5.41 Å². The molecule has 2 aromatic rings. The molecule has 0 fully saturated rings. The van der Waals surface area contributed by atoms with Crippen LogP contribution in [0.25, 0.3) is 10.9 Å². The summed E-state index contributed by atoms with van der Waals surface area (Å²) in [5, 5.41) is 0.846. The van der Waals surface area contributed by atoms with Crippen molar-refractivity contribution in [3.8, 4) is 0 Å². The normalized spacial score (nSPS) is 11.6. The molecule has 20 heavy (non-hydrogen) atoms. The van der Waals surface area contributed by atoms with Crippen molar-refractivity contribution >= 4 is 22.6 Å². The molecule has 0 bridgehead atoms. The SMILES string of the molecule is CC(C)(C)CCOC(=O)c1cc(N)c2ccccc2n1. The number of rotatable bonds is 3. The van der Waals surface area contributed by atoms with E-state index in [9.17, 15) is 4.79 Å². The van der Waals surface area contributed by atoms with Gasteiger partial charge in [-0.15, -0.1) is 0 Å². The van der Waals surface area contributed by atoms with Gasteiger partial charge in [0.1, 0.15) is 0 Å². The second-order valence-corrected chi connectivity index (χ2v) is 6.06. The highest BCUT2D eigenvalue weighted by molar-refractivity contribution is 5.96.